The van der Waals surface area contributed by atoms with Gasteiger partial charge in [-0.05, 0) is 11.4 Å². The average molecular weight is 332 g/mol. The predicted molar refractivity (Wildman–Crippen MR) is 82.0 cm³/mol. The summed E-state index contributed by atoms with van der Waals surface area (Å²) < 4.78 is 11.3. The number of carbonyl (C=O) groups excluding carboxylic acids is 1. The van der Waals surface area contributed by atoms with Crippen molar-refractivity contribution in [2.45, 2.75) is 25.9 Å². The van der Waals surface area contributed by atoms with Gasteiger partial charge in [0.1, 0.15) is 10.9 Å². The van der Waals surface area contributed by atoms with Gasteiger partial charge in [0.25, 0.3) is 5.91 Å². The number of thiophene rings is 1. The molecule has 1 saturated heterocycles. The number of amides is 1. The highest BCUT2D eigenvalue weighted by Crippen LogP contribution is 2.26. The van der Waals surface area contributed by atoms with E-state index in [1.807, 2.05) is 19.9 Å². The summed E-state index contributed by atoms with van der Waals surface area (Å²) in [5, 5.41) is 18.8. The Bertz CT molecular complexity index is 746. The standard InChI is InChI=1S/C15H16N4O3S/c1-9(2)13-17-18-14(22-13)11-8-19(4-5-21-11)15(20)12-10(7-16)3-6-23-12/h3,6,9,11H,4-5,8H2,1-2H3/t11-/m0/s1. The largest absolute Gasteiger partial charge is 0.422 e. The SMILES string of the molecule is CC(C)c1nnc([C@@H]2CN(C(=O)c3sccc3C#N)CCO2)o1. The van der Waals surface area contributed by atoms with Crippen LogP contribution < -0.4 is 0 Å². The van der Waals surface area contributed by atoms with Crippen LogP contribution in [0.1, 0.15) is 52.9 Å². The molecule has 0 aromatic carbocycles. The van der Waals surface area contributed by atoms with Crippen LogP contribution in [0.2, 0.25) is 0 Å². The maximum absolute atomic E-state index is 12.6. The molecule has 0 saturated carbocycles. The Kier molecular flexibility index (Phi) is 4.41. The predicted octanol–water partition coefficient (Wildman–Crippen LogP) is 2.34. The van der Waals surface area contributed by atoms with Crippen molar-refractivity contribution in [3.8, 4) is 6.07 Å². The maximum atomic E-state index is 12.6. The molecule has 0 unspecified atom stereocenters. The van der Waals surface area contributed by atoms with Gasteiger partial charge in [-0.1, -0.05) is 13.8 Å². The first-order chi connectivity index (χ1) is 11.1. The molecule has 1 fully saturated rings. The van der Waals surface area contributed by atoms with Crippen LogP contribution >= 0.6 is 11.3 Å². The van der Waals surface area contributed by atoms with E-state index in [2.05, 4.69) is 10.2 Å². The summed E-state index contributed by atoms with van der Waals surface area (Å²) in [5.41, 5.74) is 0.405. The maximum Gasteiger partial charge on any atom is 0.265 e. The number of hydrogen-bond donors (Lipinski definition) is 0. The first-order valence-electron chi connectivity index (χ1n) is 7.32. The van der Waals surface area contributed by atoms with E-state index in [1.54, 1.807) is 16.3 Å². The lowest BCUT2D eigenvalue weighted by atomic mass is 10.2. The van der Waals surface area contributed by atoms with Crippen LogP contribution in [-0.2, 0) is 4.74 Å². The van der Waals surface area contributed by atoms with Crippen molar-refractivity contribution >= 4 is 17.2 Å². The Morgan fingerprint density at radius 2 is 2.35 bits per heavy atom. The molecule has 3 rings (SSSR count). The molecule has 23 heavy (non-hydrogen) atoms. The van der Waals surface area contributed by atoms with Crippen LogP contribution in [-0.4, -0.2) is 40.7 Å². The zero-order valence-electron chi connectivity index (χ0n) is 12.9. The number of rotatable bonds is 3. The van der Waals surface area contributed by atoms with Gasteiger partial charge in [0.15, 0.2) is 6.10 Å². The Balaban J connectivity index is 1.75. The molecule has 120 valence electrons. The molecule has 0 radical (unpaired) electrons. The minimum atomic E-state index is -0.432. The van der Waals surface area contributed by atoms with Crippen LogP contribution in [0.5, 0.6) is 0 Å². The fraction of sp³-hybridized carbons (Fsp3) is 0.467. The molecule has 0 spiro atoms. The van der Waals surface area contributed by atoms with E-state index in [1.165, 1.54) is 11.3 Å². The average Bonchev–Trinajstić information content (AvgIpc) is 3.23. The second-order valence-corrected chi connectivity index (χ2v) is 6.44. The Morgan fingerprint density at radius 1 is 1.52 bits per heavy atom. The van der Waals surface area contributed by atoms with Gasteiger partial charge in [0.2, 0.25) is 11.8 Å². The Labute approximate surface area is 137 Å². The molecule has 3 heterocycles. The van der Waals surface area contributed by atoms with E-state index < -0.39 is 6.10 Å². The van der Waals surface area contributed by atoms with Crippen molar-refractivity contribution in [3.05, 3.63) is 33.7 Å². The lowest BCUT2D eigenvalue weighted by Gasteiger charge is -2.31. The monoisotopic (exact) mass is 332 g/mol. The molecule has 0 aliphatic carbocycles. The third-order valence-corrected chi connectivity index (χ3v) is 4.46. The van der Waals surface area contributed by atoms with Gasteiger partial charge in [-0.2, -0.15) is 5.26 Å². The molecular formula is C15H16N4O3S. The minimum absolute atomic E-state index is 0.141. The van der Waals surface area contributed by atoms with Crippen LogP contribution in [0.4, 0.5) is 0 Å². The summed E-state index contributed by atoms with van der Waals surface area (Å²) in [7, 11) is 0. The number of hydrogen-bond acceptors (Lipinski definition) is 7. The van der Waals surface area contributed by atoms with E-state index in [4.69, 9.17) is 14.4 Å². The van der Waals surface area contributed by atoms with E-state index >= 15 is 0 Å². The third kappa shape index (κ3) is 3.11. The highest BCUT2D eigenvalue weighted by atomic mass is 32.1. The first-order valence-corrected chi connectivity index (χ1v) is 8.20. The van der Waals surface area contributed by atoms with Crippen LogP contribution in [0.15, 0.2) is 15.9 Å². The van der Waals surface area contributed by atoms with Crippen LogP contribution in [0.3, 0.4) is 0 Å². The third-order valence-electron chi connectivity index (χ3n) is 3.56. The first kappa shape index (κ1) is 15.6. The molecule has 1 amide bonds. The van der Waals surface area contributed by atoms with Gasteiger partial charge in [-0.15, -0.1) is 21.5 Å². The topological polar surface area (TPSA) is 92.2 Å². The molecule has 2 aromatic heterocycles. The highest BCUT2D eigenvalue weighted by Gasteiger charge is 2.31. The van der Waals surface area contributed by atoms with Crippen molar-refractivity contribution in [2.24, 2.45) is 0 Å². The summed E-state index contributed by atoms with van der Waals surface area (Å²) in [6.45, 7) is 5.14. The number of aromatic nitrogens is 2. The van der Waals surface area contributed by atoms with Crippen molar-refractivity contribution in [1.82, 2.24) is 15.1 Å². The highest BCUT2D eigenvalue weighted by molar-refractivity contribution is 7.12. The van der Waals surface area contributed by atoms with Crippen molar-refractivity contribution in [1.29, 1.82) is 5.26 Å². The fourth-order valence-electron chi connectivity index (χ4n) is 2.30. The molecule has 1 aliphatic rings. The summed E-state index contributed by atoms with van der Waals surface area (Å²) in [5.74, 6) is 0.922. The number of ether oxygens (including phenoxy) is 1. The molecule has 0 bridgehead atoms. The van der Waals surface area contributed by atoms with Gasteiger partial charge in [0, 0.05) is 12.5 Å². The summed E-state index contributed by atoms with van der Waals surface area (Å²) >= 11 is 1.28. The Morgan fingerprint density at radius 3 is 3.04 bits per heavy atom. The van der Waals surface area contributed by atoms with E-state index in [0.717, 1.165) is 0 Å². The van der Waals surface area contributed by atoms with Crippen molar-refractivity contribution in [2.75, 3.05) is 19.7 Å². The number of morpholine rings is 1. The molecule has 1 atom stereocenters. The summed E-state index contributed by atoms with van der Waals surface area (Å²) in [6, 6.07) is 3.70. The smallest absolute Gasteiger partial charge is 0.265 e. The van der Waals surface area contributed by atoms with Gasteiger partial charge in [-0.25, -0.2) is 0 Å². The van der Waals surface area contributed by atoms with Gasteiger partial charge in [0.05, 0.1) is 18.7 Å². The quantitative estimate of drug-likeness (QED) is 0.856. The molecule has 8 heteroatoms. The molecule has 0 N–H and O–H groups in total. The number of carbonyl (C=O) groups is 1. The van der Waals surface area contributed by atoms with Crippen molar-refractivity contribution in [3.63, 3.8) is 0 Å². The van der Waals surface area contributed by atoms with Gasteiger partial charge in [-0.3, -0.25) is 4.79 Å². The number of nitriles is 1. The summed E-state index contributed by atoms with van der Waals surface area (Å²) in [6.07, 6.45) is -0.432. The van der Waals surface area contributed by atoms with Crippen LogP contribution in [0, 0.1) is 11.3 Å². The lowest BCUT2D eigenvalue weighted by molar-refractivity contribution is -0.0349. The minimum Gasteiger partial charge on any atom is -0.422 e. The van der Waals surface area contributed by atoms with E-state index in [0.29, 0.717) is 41.9 Å². The number of nitrogens with zero attached hydrogens (tertiary/aromatic N) is 4. The second-order valence-electron chi connectivity index (χ2n) is 5.52. The fourth-order valence-corrected chi connectivity index (χ4v) is 3.11. The Hall–Kier alpha value is -2.24. The molecular weight excluding hydrogens is 316 g/mol. The zero-order valence-corrected chi connectivity index (χ0v) is 13.7. The molecule has 7 nitrogen and oxygen atoms in total. The molecule has 1 aliphatic heterocycles. The summed E-state index contributed by atoms with van der Waals surface area (Å²) in [4.78, 5) is 14.7. The van der Waals surface area contributed by atoms with Gasteiger partial charge >= 0.3 is 0 Å². The van der Waals surface area contributed by atoms with E-state index in [-0.39, 0.29) is 11.8 Å². The van der Waals surface area contributed by atoms with Gasteiger partial charge < -0.3 is 14.1 Å². The second kappa shape index (κ2) is 6.48. The molecule has 2 aromatic rings. The van der Waals surface area contributed by atoms with E-state index in [9.17, 15) is 4.79 Å². The van der Waals surface area contributed by atoms with Crippen molar-refractivity contribution < 1.29 is 13.9 Å². The lowest BCUT2D eigenvalue weighted by Crippen LogP contribution is -2.42. The zero-order chi connectivity index (χ0) is 16.4. The normalized spacial score (nSPS) is 18.2. The van der Waals surface area contributed by atoms with Crippen LogP contribution in [0.25, 0.3) is 0 Å².